The molecule has 0 heterocycles. The summed E-state index contributed by atoms with van der Waals surface area (Å²) in [7, 11) is 0. The lowest BCUT2D eigenvalue weighted by Crippen LogP contribution is -2.42. The highest BCUT2D eigenvalue weighted by atomic mass is 14.6. The third-order valence-electron chi connectivity index (χ3n) is 6.18. The van der Waals surface area contributed by atoms with E-state index < -0.39 is 0 Å². The van der Waals surface area contributed by atoms with Gasteiger partial charge in [0.15, 0.2) is 0 Å². The van der Waals surface area contributed by atoms with E-state index in [-0.39, 0.29) is 16.2 Å². The molecule has 0 aliphatic heterocycles. The molecule has 1 aliphatic rings. The molecule has 100 valence electrons. The smallest absolute Gasteiger partial charge is 0.00411 e. The fourth-order valence-corrected chi connectivity index (χ4v) is 3.44. The third-order valence-corrected chi connectivity index (χ3v) is 6.18. The van der Waals surface area contributed by atoms with Crippen LogP contribution in [0.1, 0.15) is 78.0 Å². The lowest BCUT2D eigenvalue weighted by molar-refractivity contribution is 0.125. The first-order chi connectivity index (χ1) is 8.03. The maximum Gasteiger partial charge on any atom is -0.00411 e. The number of rotatable bonds is 1. The van der Waals surface area contributed by atoms with E-state index in [1.165, 1.54) is 5.56 Å². The highest BCUT2D eigenvalue weighted by Gasteiger charge is 2.56. The zero-order valence-corrected chi connectivity index (χ0v) is 13.3. The monoisotopic (exact) mass is 244 g/mol. The van der Waals surface area contributed by atoms with Gasteiger partial charge in [-0.1, -0.05) is 73.6 Å². The van der Waals surface area contributed by atoms with E-state index in [1.54, 1.807) is 11.1 Å². The fraction of sp³-hybridized carbons (Fsp3) is 0.667. The summed E-state index contributed by atoms with van der Waals surface area (Å²) in [5, 5.41) is 0. The van der Waals surface area contributed by atoms with Crippen molar-refractivity contribution in [2.75, 3.05) is 0 Å². The van der Waals surface area contributed by atoms with Gasteiger partial charge in [-0.05, 0) is 38.9 Å². The van der Waals surface area contributed by atoms with Gasteiger partial charge in [0.1, 0.15) is 0 Å². The number of hydrogen-bond acceptors (Lipinski definition) is 0. The Balaban J connectivity index is 2.72. The van der Waals surface area contributed by atoms with Crippen LogP contribution in [0, 0.1) is 5.41 Å². The van der Waals surface area contributed by atoms with Crippen molar-refractivity contribution in [3.8, 4) is 0 Å². The van der Waals surface area contributed by atoms with Gasteiger partial charge in [0.2, 0.25) is 0 Å². The molecule has 0 saturated carbocycles. The van der Waals surface area contributed by atoms with Crippen LogP contribution in [0.5, 0.6) is 0 Å². The van der Waals surface area contributed by atoms with E-state index >= 15 is 0 Å². The molecule has 0 N–H and O–H groups in total. The van der Waals surface area contributed by atoms with Crippen molar-refractivity contribution >= 4 is 0 Å². The second-order valence-corrected chi connectivity index (χ2v) is 7.83. The minimum absolute atomic E-state index is 0.233. The van der Waals surface area contributed by atoms with Crippen LogP contribution in [-0.4, -0.2) is 0 Å². The summed E-state index contributed by atoms with van der Waals surface area (Å²) in [6.07, 6.45) is 0. The molecule has 0 aromatic heterocycles. The van der Waals surface area contributed by atoms with Crippen LogP contribution in [0.15, 0.2) is 18.2 Å². The minimum atomic E-state index is 0.233. The second kappa shape index (κ2) is 3.62. The SMILES string of the molecule is CC(C)c1ccc2c(c1)C(C)(C)C(C)(C)C2(C)C. The summed E-state index contributed by atoms with van der Waals surface area (Å²) in [4.78, 5) is 0. The molecule has 1 aromatic rings. The van der Waals surface area contributed by atoms with E-state index in [0.29, 0.717) is 5.92 Å². The molecule has 0 heteroatoms. The molecular weight excluding hydrogens is 216 g/mol. The van der Waals surface area contributed by atoms with Gasteiger partial charge >= 0.3 is 0 Å². The Morgan fingerprint density at radius 2 is 1.28 bits per heavy atom. The van der Waals surface area contributed by atoms with Crippen LogP contribution in [0.4, 0.5) is 0 Å². The van der Waals surface area contributed by atoms with Crippen molar-refractivity contribution in [1.82, 2.24) is 0 Å². The molecule has 0 unspecified atom stereocenters. The molecule has 18 heavy (non-hydrogen) atoms. The van der Waals surface area contributed by atoms with E-state index in [4.69, 9.17) is 0 Å². The lowest BCUT2D eigenvalue weighted by Gasteiger charge is -2.44. The summed E-state index contributed by atoms with van der Waals surface area (Å²) >= 11 is 0. The zero-order valence-electron chi connectivity index (χ0n) is 13.3. The quantitative estimate of drug-likeness (QED) is 0.620. The maximum atomic E-state index is 2.45. The summed E-state index contributed by atoms with van der Waals surface area (Å²) in [5.74, 6) is 0.609. The van der Waals surface area contributed by atoms with Crippen LogP contribution < -0.4 is 0 Å². The van der Waals surface area contributed by atoms with Crippen molar-refractivity contribution in [1.29, 1.82) is 0 Å². The molecule has 0 nitrogen and oxygen atoms in total. The van der Waals surface area contributed by atoms with Crippen LogP contribution in [0.25, 0.3) is 0 Å². The Morgan fingerprint density at radius 1 is 0.778 bits per heavy atom. The van der Waals surface area contributed by atoms with Gasteiger partial charge in [-0.15, -0.1) is 0 Å². The second-order valence-electron chi connectivity index (χ2n) is 7.83. The lowest BCUT2D eigenvalue weighted by atomic mass is 9.59. The van der Waals surface area contributed by atoms with Gasteiger partial charge in [-0.2, -0.15) is 0 Å². The zero-order chi connectivity index (χ0) is 13.9. The van der Waals surface area contributed by atoms with E-state index in [9.17, 15) is 0 Å². The first-order valence-electron chi connectivity index (χ1n) is 7.18. The molecule has 0 saturated heterocycles. The van der Waals surface area contributed by atoms with Gasteiger partial charge in [-0.3, -0.25) is 0 Å². The van der Waals surface area contributed by atoms with Gasteiger partial charge in [0.25, 0.3) is 0 Å². The average Bonchev–Trinajstić information content (AvgIpc) is 2.36. The average molecular weight is 244 g/mol. The summed E-state index contributed by atoms with van der Waals surface area (Å²) in [6.45, 7) is 19.0. The summed E-state index contributed by atoms with van der Waals surface area (Å²) in [6, 6.07) is 7.15. The normalized spacial score (nSPS) is 23.2. The highest BCUT2D eigenvalue weighted by molar-refractivity contribution is 5.50. The largest absolute Gasteiger partial charge is 0.0587 e. The van der Waals surface area contributed by atoms with E-state index in [2.05, 4.69) is 73.6 Å². The summed E-state index contributed by atoms with van der Waals surface area (Å²) in [5.41, 5.74) is 5.32. The molecule has 0 bridgehead atoms. The Kier molecular flexibility index (Phi) is 2.74. The van der Waals surface area contributed by atoms with E-state index in [1.807, 2.05) is 0 Å². The predicted molar refractivity (Wildman–Crippen MR) is 80.4 cm³/mol. The number of fused-ring (bicyclic) bond motifs is 1. The molecule has 0 radical (unpaired) electrons. The summed E-state index contributed by atoms with van der Waals surface area (Å²) < 4.78 is 0. The van der Waals surface area contributed by atoms with Crippen molar-refractivity contribution in [2.24, 2.45) is 5.41 Å². The maximum absolute atomic E-state index is 2.45. The van der Waals surface area contributed by atoms with Crippen LogP contribution >= 0.6 is 0 Å². The highest BCUT2D eigenvalue weighted by Crippen LogP contribution is 2.61. The van der Waals surface area contributed by atoms with Crippen LogP contribution in [0.3, 0.4) is 0 Å². The molecule has 0 atom stereocenters. The first-order valence-corrected chi connectivity index (χ1v) is 7.18. The fourth-order valence-electron chi connectivity index (χ4n) is 3.44. The molecule has 0 amide bonds. The Morgan fingerprint density at radius 3 is 1.78 bits per heavy atom. The Bertz CT molecular complexity index is 473. The minimum Gasteiger partial charge on any atom is -0.0587 e. The van der Waals surface area contributed by atoms with Crippen molar-refractivity contribution < 1.29 is 0 Å². The predicted octanol–water partition coefficient (Wildman–Crippen LogP) is 5.41. The van der Waals surface area contributed by atoms with E-state index in [0.717, 1.165) is 0 Å². The van der Waals surface area contributed by atoms with Gasteiger partial charge in [-0.25, -0.2) is 0 Å². The Hall–Kier alpha value is -0.780. The van der Waals surface area contributed by atoms with Gasteiger partial charge < -0.3 is 0 Å². The number of hydrogen-bond donors (Lipinski definition) is 0. The Labute approximate surface area is 113 Å². The molecule has 1 aromatic carbocycles. The van der Waals surface area contributed by atoms with Crippen LogP contribution in [0.2, 0.25) is 0 Å². The van der Waals surface area contributed by atoms with Crippen molar-refractivity contribution in [2.45, 2.75) is 72.1 Å². The number of benzene rings is 1. The van der Waals surface area contributed by atoms with Gasteiger partial charge in [0, 0.05) is 0 Å². The van der Waals surface area contributed by atoms with Crippen molar-refractivity contribution in [3.05, 3.63) is 34.9 Å². The first kappa shape index (κ1) is 13.6. The van der Waals surface area contributed by atoms with Crippen molar-refractivity contribution in [3.63, 3.8) is 0 Å². The standard InChI is InChI=1S/C18H28/c1-12(2)13-9-10-14-15(11-13)17(5,6)18(7,8)16(14,3)4/h9-12H,1-8H3. The molecule has 1 aliphatic carbocycles. The molecule has 0 spiro atoms. The van der Waals surface area contributed by atoms with Gasteiger partial charge in [0.05, 0.1) is 0 Å². The molecular formula is C18H28. The third kappa shape index (κ3) is 1.44. The molecule has 0 fully saturated rings. The topological polar surface area (TPSA) is 0 Å². The van der Waals surface area contributed by atoms with Crippen LogP contribution in [-0.2, 0) is 10.8 Å². The molecule has 2 rings (SSSR count).